The Morgan fingerprint density at radius 2 is 1.73 bits per heavy atom. The van der Waals surface area contributed by atoms with Crippen LogP contribution in [-0.4, -0.2) is 29.0 Å². The first-order valence-electron chi connectivity index (χ1n) is 12.4. The van der Waals surface area contributed by atoms with Gasteiger partial charge in [0.15, 0.2) is 0 Å². The minimum atomic E-state index is -0.574. The van der Waals surface area contributed by atoms with Crippen LogP contribution in [0.4, 0.5) is 20.6 Å². The van der Waals surface area contributed by atoms with E-state index in [0.717, 1.165) is 16.7 Å². The van der Waals surface area contributed by atoms with E-state index in [1.807, 2.05) is 57.2 Å². The van der Waals surface area contributed by atoms with Crippen LogP contribution < -0.4 is 10.6 Å². The van der Waals surface area contributed by atoms with Crippen LogP contribution in [0.1, 0.15) is 61.7 Å². The molecule has 0 saturated carbocycles. The number of rotatable bonds is 5. The Hall–Kier alpha value is -3.87. The predicted molar refractivity (Wildman–Crippen MR) is 144 cm³/mol. The molecule has 3 aromatic rings. The van der Waals surface area contributed by atoms with E-state index in [2.05, 4.69) is 24.5 Å². The van der Waals surface area contributed by atoms with Gasteiger partial charge in [0.05, 0.1) is 5.56 Å². The van der Waals surface area contributed by atoms with Crippen LogP contribution >= 0.6 is 0 Å². The topological polar surface area (TPSA) is 70.7 Å². The molecular weight excluding hydrogens is 469 g/mol. The van der Waals surface area contributed by atoms with Crippen molar-refractivity contribution >= 4 is 23.4 Å². The van der Waals surface area contributed by atoms with Crippen LogP contribution in [0, 0.1) is 5.82 Å². The summed E-state index contributed by atoms with van der Waals surface area (Å²) in [6.07, 6.45) is -0.346. The fourth-order valence-electron chi connectivity index (χ4n) is 4.58. The first kappa shape index (κ1) is 26.2. The van der Waals surface area contributed by atoms with Gasteiger partial charge >= 0.3 is 6.09 Å². The summed E-state index contributed by atoms with van der Waals surface area (Å²) in [4.78, 5) is 27.7. The Kier molecular flexibility index (Phi) is 7.25. The normalized spacial score (nSPS) is 14.5. The molecule has 0 saturated heterocycles. The Labute approximate surface area is 217 Å². The van der Waals surface area contributed by atoms with E-state index in [-0.39, 0.29) is 23.2 Å². The molecule has 3 aromatic carbocycles. The van der Waals surface area contributed by atoms with Crippen molar-refractivity contribution in [1.82, 2.24) is 4.90 Å². The molecule has 0 unspecified atom stereocenters. The SMILES string of the molecule is CC(C)(C)OC(=O)N1Cc2cc(NC(=O)c3ccccc3NCc3ccc(F)cc3)ccc2C(C)(C)C1. The van der Waals surface area contributed by atoms with Gasteiger partial charge in [0.25, 0.3) is 5.91 Å². The van der Waals surface area contributed by atoms with E-state index >= 15 is 0 Å². The molecule has 0 aliphatic carbocycles. The average molecular weight is 504 g/mol. The maximum absolute atomic E-state index is 13.2. The van der Waals surface area contributed by atoms with Gasteiger partial charge in [-0.2, -0.15) is 0 Å². The van der Waals surface area contributed by atoms with Crippen molar-refractivity contribution < 1.29 is 18.7 Å². The van der Waals surface area contributed by atoms with E-state index in [9.17, 15) is 14.0 Å². The zero-order valence-electron chi connectivity index (χ0n) is 22.0. The Bertz CT molecular complexity index is 1300. The van der Waals surface area contributed by atoms with Crippen LogP contribution in [0.2, 0.25) is 0 Å². The summed E-state index contributed by atoms with van der Waals surface area (Å²) in [5.41, 5.74) is 4.02. The van der Waals surface area contributed by atoms with E-state index in [1.165, 1.54) is 12.1 Å². The molecule has 4 rings (SSSR count). The van der Waals surface area contributed by atoms with Gasteiger partial charge in [0.2, 0.25) is 0 Å². The molecule has 1 aliphatic heterocycles. The van der Waals surface area contributed by atoms with Crippen molar-refractivity contribution in [2.75, 3.05) is 17.2 Å². The highest BCUT2D eigenvalue weighted by Crippen LogP contribution is 2.35. The molecule has 0 radical (unpaired) electrons. The number of nitrogens with one attached hydrogen (secondary N) is 2. The minimum Gasteiger partial charge on any atom is -0.444 e. The third kappa shape index (κ3) is 6.47. The molecule has 0 bridgehead atoms. The summed E-state index contributed by atoms with van der Waals surface area (Å²) < 4.78 is 18.8. The van der Waals surface area contributed by atoms with Crippen molar-refractivity contribution in [3.05, 3.63) is 94.8 Å². The zero-order chi connectivity index (χ0) is 26.8. The monoisotopic (exact) mass is 503 g/mol. The zero-order valence-corrected chi connectivity index (χ0v) is 22.0. The number of hydrogen-bond acceptors (Lipinski definition) is 4. The maximum atomic E-state index is 13.2. The second-order valence-electron chi connectivity index (χ2n) is 11.1. The number of para-hydroxylation sites is 1. The lowest BCUT2D eigenvalue weighted by Crippen LogP contribution is -2.46. The van der Waals surface area contributed by atoms with Gasteiger partial charge in [-0.15, -0.1) is 0 Å². The molecule has 0 atom stereocenters. The molecule has 37 heavy (non-hydrogen) atoms. The molecule has 1 aliphatic rings. The first-order valence-corrected chi connectivity index (χ1v) is 12.4. The van der Waals surface area contributed by atoms with Crippen molar-refractivity contribution in [1.29, 1.82) is 0 Å². The van der Waals surface area contributed by atoms with Crippen LogP contribution in [0.5, 0.6) is 0 Å². The van der Waals surface area contributed by atoms with Crippen molar-refractivity contribution in [2.45, 2.75) is 58.7 Å². The summed E-state index contributed by atoms with van der Waals surface area (Å²) in [6.45, 7) is 11.2. The first-order chi connectivity index (χ1) is 17.4. The second kappa shape index (κ2) is 10.2. The molecule has 2 amide bonds. The van der Waals surface area contributed by atoms with Crippen molar-refractivity contribution in [3.8, 4) is 0 Å². The molecule has 6 nitrogen and oxygen atoms in total. The molecular formula is C30H34FN3O3. The summed E-state index contributed by atoms with van der Waals surface area (Å²) in [5.74, 6) is -0.535. The van der Waals surface area contributed by atoms with Gasteiger partial charge in [0.1, 0.15) is 11.4 Å². The van der Waals surface area contributed by atoms with Crippen LogP contribution in [0.15, 0.2) is 66.7 Å². The van der Waals surface area contributed by atoms with Crippen molar-refractivity contribution in [2.24, 2.45) is 0 Å². The summed E-state index contributed by atoms with van der Waals surface area (Å²) in [7, 11) is 0. The van der Waals surface area contributed by atoms with Gasteiger partial charge in [0, 0.05) is 36.4 Å². The van der Waals surface area contributed by atoms with E-state index in [4.69, 9.17) is 4.74 Å². The van der Waals surface area contributed by atoms with E-state index in [1.54, 1.807) is 23.1 Å². The molecule has 194 valence electrons. The number of carbonyl (C=O) groups is 2. The number of nitrogens with zero attached hydrogens (tertiary/aromatic N) is 1. The number of anilines is 2. The molecule has 1 heterocycles. The van der Waals surface area contributed by atoms with Crippen LogP contribution in [0.3, 0.4) is 0 Å². The second-order valence-corrected chi connectivity index (χ2v) is 11.1. The summed E-state index contributed by atoms with van der Waals surface area (Å²) >= 11 is 0. The van der Waals surface area contributed by atoms with Crippen LogP contribution in [-0.2, 0) is 23.2 Å². The number of fused-ring (bicyclic) bond motifs is 1. The molecule has 0 aromatic heterocycles. The number of ether oxygens (including phenoxy) is 1. The van der Waals surface area contributed by atoms with Crippen molar-refractivity contribution in [3.63, 3.8) is 0 Å². The quantitative estimate of drug-likeness (QED) is 0.406. The van der Waals surface area contributed by atoms with E-state index in [0.29, 0.717) is 36.6 Å². The minimum absolute atomic E-state index is 0.249. The smallest absolute Gasteiger partial charge is 0.410 e. The third-order valence-corrected chi connectivity index (χ3v) is 6.26. The van der Waals surface area contributed by atoms with Gasteiger partial charge in [-0.3, -0.25) is 4.79 Å². The highest BCUT2D eigenvalue weighted by Gasteiger charge is 2.35. The fraction of sp³-hybridized carbons (Fsp3) is 0.333. The lowest BCUT2D eigenvalue weighted by Gasteiger charge is -2.40. The lowest BCUT2D eigenvalue weighted by atomic mass is 9.78. The number of hydrogen-bond donors (Lipinski definition) is 2. The number of carbonyl (C=O) groups excluding carboxylic acids is 2. The molecule has 2 N–H and O–H groups in total. The van der Waals surface area contributed by atoms with Gasteiger partial charge in [-0.25, -0.2) is 9.18 Å². The maximum Gasteiger partial charge on any atom is 0.410 e. The number of benzene rings is 3. The third-order valence-electron chi connectivity index (χ3n) is 6.26. The Morgan fingerprint density at radius 1 is 1.03 bits per heavy atom. The fourth-order valence-corrected chi connectivity index (χ4v) is 4.58. The lowest BCUT2D eigenvalue weighted by molar-refractivity contribution is 0.0174. The largest absolute Gasteiger partial charge is 0.444 e. The van der Waals surface area contributed by atoms with Gasteiger partial charge < -0.3 is 20.3 Å². The number of halogens is 1. The highest BCUT2D eigenvalue weighted by molar-refractivity contribution is 6.08. The summed E-state index contributed by atoms with van der Waals surface area (Å²) in [6, 6.07) is 19.4. The Balaban J connectivity index is 1.50. The highest BCUT2D eigenvalue weighted by atomic mass is 19.1. The Morgan fingerprint density at radius 3 is 2.43 bits per heavy atom. The average Bonchev–Trinajstić information content (AvgIpc) is 2.82. The molecule has 0 fully saturated rings. The predicted octanol–water partition coefficient (Wildman–Crippen LogP) is 6.72. The van der Waals surface area contributed by atoms with Gasteiger partial charge in [-0.1, -0.05) is 44.2 Å². The molecule has 7 heteroatoms. The summed E-state index contributed by atoms with van der Waals surface area (Å²) in [5, 5.41) is 6.27. The number of amides is 2. The molecule has 0 spiro atoms. The van der Waals surface area contributed by atoms with E-state index < -0.39 is 5.60 Å². The van der Waals surface area contributed by atoms with Crippen LogP contribution in [0.25, 0.3) is 0 Å². The standard InChI is InChI=1S/C30H34FN3O3/c1-29(2,3)37-28(36)34-18-21-16-23(14-15-25(21)30(4,5)19-34)33-27(35)24-8-6-7-9-26(24)32-17-20-10-12-22(31)13-11-20/h6-16,32H,17-19H2,1-5H3,(H,33,35). The van der Waals surface area contributed by atoms with Gasteiger partial charge in [-0.05, 0) is 73.9 Å².